The van der Waals surface area contributed by atoms with Crippen molar-refractivity contribution in [1.82, 2.24) is 0 Å². The second-order valence-electron chi connectivity index (χ2n) is 8.77. The SMILES string of the molecule is CCCCCCCCCCOC(=O)c1ccccc1C(=O)OCCCCCCCCCC.[Au]. The number of hydrogen-bond acceptors (Lipinski definition) is 4. The zero-order chi connectivity index (χ0) is 23.3. The first-order valence-corrected chi connectivity index (χ1v) is 13.1. The van der Waals surface area contributed by atoms with Crippen LogP contribution in [-0.4, -0.2) is 25.2 Å². The predicted octanol–water partition coefficient (Wildman–Crippen LogP) is 8.28. The van der Waals surface area contributed by atoms with E-state index < -0.39 is 11.9 Å². The minimum Gasteiger partial charge on any atom is -0.462 e. The summed E-state index contributed by atoms with van der Waals surface area (Å²) in [5.41, 5.74) is 0.598. The van der Waals surface area contributed by atoms with Crippen LogP contribution in [0.5, 0.6) is 0 Å². The van der Waals surface area contributed by atoms with Crippen molar-refractivity contribution in [2.45, 2.75) is 117 Å². The minimum atomic E-state index is -0.437. The van der Waals surface area contributed by atoms with Crippen molar-refractivity contribution in [2.24, 2.45) is 0 Å². The number of carbonyl (C=O) groups is 2. The predicted molar refractivity (Wildman–Crippen MR) is 132 cm³/mol. The molecule has 0 saturated heterocycles. The van der Waals surface area contributed by atoms with Crippen molar-refractivity contribution in [3.63, 3.8) is 0 Å². The van der Waals surface area contributed by atoms with Gasteiger partial charge in [0.1, 0.15) is 0 Å². The Bertz CT molecular complexity index is 565. The average Bonchev–Trinajstić information content (AvgIpc) is 2.81. The average molecular weight is 644 g/mol. The molecule has 0 aliphatic carbocycles. The van der Waals surface area contributed by atoms with Crippen molar-refractivity contribution in [3.8, 4) is 0 Å². The molecule has 193 valence electrons. The van der Waals surface area contributed by atoms with E-state index in [9.17, 15) is 9.59 Å². The van der Waals surface area contributed by atoms with Crippen LogP contribution in [0, 0.1) is 0 Å². The van der Waals surface area contributed by atoms with Crippen LogP contribution in [0.4, 0.5) is 0 Å². The summed E-state index contributed by atoms with van der Waals surface area (Å²) in [5.74, 6) is -0.875. The van der Waals surface area contributed by atoms with Gasteiger partial charge < -0.3 is 9.47 Å². The van der Waals surface area contributed by atoms with Crippen molar-refractivity contribution in [1.29, 1.82) is 0 Å². The maximum absolute atomic E-state index is 12.5. The number of rotatable bonds is 20. The maximum Gasteiger partial charge on any atom is 0.339 e. The molecule has 1 radical (unpaired) electrons. The van der Waals surface area contributed by atoms with E-state index in [0.717, 1.165) is 25.7 Å². The van der Waals surface area contributed by atoms with E-state index in [-0.39, 0.29) is 22.4 Å². The van der Waals surface area contributed by atoms with Crippen LogP contribution < -0.4 is 0 Å². The molecule has 1 aromatic carbocycles. The molecule has 5 heteroatoms. The Morgan fingerprint density at radius 2 is 0.848 bits per heavy atom. The fraction of sp³-hybridized carbons (Fsp3) is 0.714. The first-order valence-electron chi connectivity index (χ1n) is 13.1. The Morgan fingerprint density at radius 3 is 1.18 bits per heavy atom. The molecular formula is C28H46AuO4. The normalized spacial score (nSPS) is 10.5. The monoisotopic (exact) mass is 643 g/mol. The molecule has 0 N–H and O–H groups in total. The number of unbranched alkanes of at least 4 members (excludes halogenated alkanes) is 14. The van der Waals surface area contributed by atoms with Gasteiger partial charge in [-0.05, 0) is 25.0 Å². The van der Waals surface area contributed by atoms with Gasteiger partial charge in [-0.3, -0.25) is 0 Å². The Labute approximate surface area is 218 Å². The molecule has 0 aliphatic rings. The van der Waals surface area contributed by atoms with Gasteiger partial charge in [-0.1, -0.05) is 116 Å². The summed E-state index contributed by atoms with van der Waals surface area (Å²) in [5, 5.41) is 0. The second kappa shape index (κ2) is 22.7. The van der Waals surface area contributed by atoms with E-state index in [1.165, 1.54) is 77.0 Å². The van der Waals surface area contributed by atoms with E-state index >= 15 is 0 Å². The van der Waals surface area contributed by atoms with Gasteiger partial charge in [0, 0.05) is 22.4 Å². The molecule has 0 heterocycles. The van der Waals surface area contributed by atoms with Gasteiger partial charge in [-0.25, -0.2) is 9.59 Å². The third-order valence-corrected chi connectivity index (χ3v) is 5.83. The number of hydrogen-bond donors (Lipinski definition) is 0. The molecule has 0 bridgehead atoms. The fourth-order valence-electron chi connectivity index (χ4n) is 3.80. The minimum absolute atomic E-state index is 0. The number of carbonyl (C=O) groups excluding carboxylic acids is 2. The van der Waals surface area contributed by atoms with Gasteiger partial charge in [0.05, 0.1) is 24.3 Å². The second-order valence-corrected chi connectivity index (χ2v) is 8.77. The van der Waals surface area contributed by atoms with E-state index in [2.05, 4.69) is 13.8 Å². The summed E-state index contributed by atoms with van der Waals surface area (Å²) in [7, 11) is 0. The van der Waals surface area contributed by atoms with Gasteiger partial charge in [0.2, 0.25) is 0 Å². The molecule has 33 heavy (non-hydrogen) atoms. The fourth-order valence-corrected chi connectivity index (χ4v) is 3.80. The zero-order valence-electron chi connectivity index (χ0n) is 21.0. The van der Waals surface area contributed by atoms with Crippen LogP contribution in [0.2, 0.25) is 0 Å². The van der Waals surface area contributed by atoms with Gasteiger partial charge in [-0.15, -0.1) is 0 Å². The van der Waals surface area contributed by atoms with Crippen molar-refractivity contribution in [2.75, 3.05) is 13.2 Å². The van der Waals surface area contributed by atoms with Crippen LogP contribution >= 0.6 is 0 Å². The van der Waals surface area contributed by atoms with Gasteiger partial charge in [-0.2, -0.15) is 0 Å². The molecule has 0 unspecified atom stereocenters. The standard InChI is InChI=1S/C28H46O4.Au/c1-3-5-7-9-11-13-15-19-23-31-27(29)25-21-17-18-22-26(25)28(30)32-24-20-16-14-12-10-8-6-4-2;/h17-18,21-22H,3-16,19-20,23-24H2,1-2H3;. The molecule has 0 fully saturated rings. The Balaban J connectivity index is 0.0000102. The van der Waals surface area contributed by atoms with Crippen LogP contribution in [0.25, 0.3) is 0 Å². The molecular weight excluding hydrogens is 597 g/mol. The van der Waals surface area contributed by atoms with Crippen molar-refractivity contribution in [3.05, 3.63) is 35.4 Å². The van der Waals surface area contributed by atoms with E-state index in [4.69, 9.17) is 9.47 Å². The number of benzene rings is 1. The molecule has 0 spiro atoms. The van der Waals surface area contributed by atoms with Crippen LogP contribution in [0.1, 0.15) is 137 Å². The smallest absolute Gasteiger partial charge is 0.339 e. The number of esters is 2. The topological polar surface area (TPSA) is 52.6 Å². The molecule has 0 aromatic heterocycles. The van der Waals surface area contributed by atoms with Crippen LogP contribution in [0.15, 0.2) is 24.3 Å². The summed E-state index contributed by atoms with van der Waals surface area (Å²) in [6.45, 7) is 5.25. The Kier molecular flexibility index (Phi) is 21.9. The molecule has 1 aromatic rings. The quantitative estimate of drug-likeness (QED) is 0.0816. The van der Waals surface area contributed by atoms with E-state index in [1.807, 2.05) is 0 Å². The third-order valence-electron chi connectivity index (χ3n) is 5.83. The zero-order valence-corrected chi connectivity index (χ0v) is 23.1. The molecule has 0 saturated carbocycles. The summed E-state index contributed by atoms with van der Waals surface area (Å²) in [4.78, 5) is 24.9. The summed E-state index contributed by atoms with van der Waals surface area (Å²) < 4.78 is 10.8. The largest absolute Gasteiger partial charge is 0.462 e. The molecule has 0 amide bonds. The Hall–Kier alpha value is -1.10. The summed E-state index contributed by atoms with van der Waals surface area (Å²) in [6.07, 6.45) is 19.1. The van der Waals surface area contributed by atoms with Gasteiger partial charge >= 0.3 is 11.9 Å². The number of ether oxygens (including phenoxy) is 2. The van der Waals surface area contributed by atoms with Gasteiger partial charge in [0.15, 0.2) is 0 Å². The summed E-state index contributed by atoms with van der Waals surface area (Å²) >= 11 is 0. The van der Waals surface area contributed by atoms with Gasteiger partial charge in [0.25, 0.3) is 0 Å². The Morgan fingerprint density at radius 1 is 0.545 bits per heavy atom. The first-order chi connectivity index (χ1) is 15.7. The molecule has 1 rings (SSSR count). The van der Waals surface area contributed by atoms with E-state index in [0.29, 0.717) is 24.3 Å². The summed E-state index contributed by atoms with van der Waals surface area (Å²) in [6, 6.07) is 6.79. The maximum atomic E-state index is 12.5. The van der Waals surface area contributed by atoms with Crippen molar-refractivity contribution < 1.29 is 41.4 Å². The first kappa shape index (κ1) is 31.9. The molecule has 4 nitrogen and oxygen atoms in total. The molecule has 0 atom stereocenters. The van der Waals surface area contributed by atoms with Crippen molar-refractivity contribution >= 4 is 11.9 Å². The van der Waals surface area contributed by atoms with Crippen LogP contribution in [0.3, 0.4) is 0 Å². The third kappa shape index (κ3) is 16.2. The van der Waals surface area contributed by atoms with E-state index in [1.54, 1.807) is 24.3 Å². The van der Waals surface area contributed by atoms with Crippen LogP contribution in [-0.2, 0) is 31.9 Å². The molecule has 0 aliphatic heterocycles.